The standard InChI is InChI=1S/C22H26ClNO5/c1-22(2,3)29-21(26)24-19(20(25)28-15-23)13-16-9-11-18(12-10-16)27-14-17-7-5-4-6-8-17/h4-12,19H,13-15H2,1-3H3,(H,24,26)/t19-/m0/s1. The maximum atomic E-state index is 12.2. The van der Waals surface area contributed by atoms with E-state index in [0.29, 0.717) is 12.4 Å². The zero-order valence-electron chi connectivity index (χ0n) is 16.8. The van der Waals surface area contributed by atoms with E-state index >= 15 is 0 Å². The summed E-state index contributed by atoms with van der Waals surface area (Å²) in [7, 11) is 0. The van der Waals surface area contributed by atoms with E-state index in [1.165, 1.54) is 0 Å². The number of alkyl halides is 1. The fourth-order valence-corrected chi connectivity index (χ4v) is 2.60. The van der Waals surface area contributed by atoms with Crippen molar-refractivity contribution in [1.82, 2.24) is 5.32 Å². The molecule has 156 valence electrons. The predicted octanol–water partition coefficient (Wildman–Crippen LogP) is 4.44. The SMILES string of the molecule is CC(C)(C)OC(=O)N[C@@H](Cc1ccc(OCc2ccccc2)cc1)C(=O)OCCl. The van der Waals surface area contributed by atoms with E-state index in [1.807, 2.05) is 54.6 Å². The highest BCUT2D eigenvalue weighted by Gasteiger charge is 2.25. The maximum absolute atomic E-state index is 12.2. The predicted molar refractivity (Wildman–Crippen MR) is 111 cm³/mol. The third-order valence-electron chi connectivity index (χ3n) is 3.78. The van der Waals surface area contributed by atoms with Gasteiger partial charge in [0.25, 0.3) is 0 Å². The number of hydrogen-bond donors (Lipinski definition) is 1. The Morgan fingerprint density at radius 2 is 1.66 bits per heavy atom. The summed E-state index contributed by atoms with van der Waals surface area (Å²) in [6, 6.07) is 15.9. The van der Waals surface area contributed by atoms with Crippen molar-refractivity contribution in [3.63, 3.8) is 0 Å². The Morgan fingerprint density at radius 1 is 1.00 bits per heavy atom. The van der Waals surface area contributed by atoms with Crippen LogP contribution in [0.3, 0.4) is 0 Å². The van der Waals surface area contributed by atoms with Gasteiger partial charge in [-0.3, -0.25) is 0 Å². The molecule has 7 heteroatoms. The van der Waals surface area contributed by atoms with Gasteiger partial charge in [-0.2, -0.15) is 0 Å². The molecule has 0 aromatic heterocycles. The number of rotatable bonds is 8. The molecule has 2 rings (SSSR count). The first-order valence-corrected chi connectivity index (χ1v) is 9.78. The van der Waals surface area contributed by atoms with Crippen LogP contribution >= 0.6 is 11.6 Å². The Labute approximate surface area is 176 Å². The van der Waals surface area contributed by atoms with Crippen LogP contribution < -0.4 is 10.1 Å². The highest BCUT2D eigenvalue weighted by Crippen LogP contribution is 2.16. The van der Waals surface area contributed by atoms with Gasteiger partial charge in [0.15, 0.2) is 6.07 Å². The molecule has 0 unspecified atom stereocenters. The van der Waals surface area contributed by atoms with E-state index < -0.39 is 23.7 Å². The summed E-state index contributed by atoms with van der Waals surface area (Å²) in [6.45, 7) is 5.69. The van der Waals surface area contributed by atoms with Crippen LogP contribution in [0.2, 0.25) is 0 Å². The number of halogens is 1. The minimum Gasteiger partial charge on any atom is -0.489 e. The number of amides is 1. The summed E-state index contributed by atoms with van der Waals surface area (Å²) < 4.78 is 15.8. The zero-order chi connectivity index (χ0) is 21.3. The Hall–Kier alpha value is -2.73. The summed E-state index contributed by atoms with van der Waals surface area (Å²) >= 11 is 5.49. The Morgan fingerprint density at radius 3 is 2.24 bits per heavy atom. The molecule has 0 aliphatic heterocycles. The van der Waals surface area contributed by atoms with Crippen molar-refractivity contribution in [3.8, 4) is 5.75 Å². The molecule has 1 N–H and O–H groups in total. The lowest BCUT2D eigenvalue weighted by atomic mass is 10.1. The molecule has 1 atom stereocenters. The van der Waals surface area contributed by atoms with Gasteiger partial charge in [0, 0.05) is 6.42 Å². The fourth-order valence-electron chi connectivity index (χ4n) is 2.50. The molecule has 0 aliphatic rings. The summed E-state index contributed by atoms with van der Waals surface area (Å²) in [5.74, 6) is 0.0767. The van der Waals surface area contributed by atoms with Crippen LogP contribution in [0.5, 0.6) is 5.75 Å². The molecule has 0 fully saturated rings. The molecular weight excluding hydrogens is 394 g/mol. The lowest BCUT2D eigenvalue weighted by molar-refractivity contribution is -0.144. The van der Waals surface area contributed by atoms with E-state index in [-0.39, 0.29) is 12.5 Å². The third-order valence-corrected chi connectivity index (χ3v) is 3.89. The van der Waals surface area contributed by atoms with Crippen molar-refractivity contribution in [2.45, 2.75) is 45.4 Å². The van der Waals surface area contributed by atoms with Crippen molar-refractivity contribution in [3.05, 3.63) is 65.7 Å². The lowest BCUT2D eigenvalue weighted by Crippen LogP contribution is -2.45. The zero-order valence-corrected chi connectivity index (χ0v) is 17.6. The monoisotopic (exact) mass is 419 g/mol. The molecule has 29 heavy (non-hydrogen) atoms. The first kappa shape index (κ1) is 22.6. The largest absolute Gasteiger partial charge is 0.489 e. The van der Waals surface area contributed by atoms with Crippen LogP contribution in [-0.2, 0) is 27.3 Å². The van der Waals surface area contributed by atoms with Crippen molar-refractivity contribution in [1.29, 1.82) is 0 Å². The van der Waals surface area contributed by atoms with Crippen LogP contribution in [-0.4, -0.2) is 29.8 Å². The smallest absolute Gasteiger partial charge is 0.408 e. The van der Waals surface area contributed by atoms with Gasteiger partial charge < -0.3 is 19.5 Å². The lowest BCUT2D eigenvalue weighted by Gasteiger charge is -2.22. The first-order chi connectivity index (χ1) is 13.8. The van der Waals surface area contributed by atoms with Crippen LogP contribution in [0.25, 0.3) is 0 Å². The van der Waals surface area contributed by atoms with Gasteiger partial charge in [-0.25, -0.2) is 9.59 Å². The Kier molecular flexibility index (Phi) is 8.34. The highest BCUT2D eigenvalue weighted by atomic mass is 35.5. The average Bonchev–Trinajstić information content (AvgIpc) is 2.66. The number of ether oxygens (including phenoxy) is 3. The van der Waals surface area contributed by atoms with Crippen LogP contribution in [0, 0.1) is 0 Å². The van der Waals surface area contributed by atoms with E-state index in [4.69, 9.17) is 25.8 Å². The minimum absolute atomic E-state index is 0.230. The molecule has 2 aromatic carbocycles. The van der Waals surface area contributed by atoms with Crippen molar-refractivity contribution >= 4 is 23.7 Å². The Bertz CT molecular complexity index is 787. The normalized spacial score (nSPS) is 12.0. The van der Waals surface area contributed by atoms with Gasteiger partial charge in [-0.05, 0) is 44.0 Å². The number of carbonyl (C=O) groups excluding carboxylic acids is 2. The molecule has 0 radical (unpaired) electrons. The number of esters is 1. The van der Waals surface area contributed by atoms with Crippen molar-refractivity contribution in [2.75, 3.05) is 6.07 Å². The van der Waals surface area contributed by atoms with Crippen LogP contribution in [0.1, 0.15) is 31.9 Å². The van der Waals surface area contributed by atoms with Gasteiger partial charge in [0.05, 0.1) is 0 Å². The topological polar surface area (TPSA) is 73.9 Å². The second kappa shape index (κ2) is 10.7. The third kappa shape index (κ3) is 8.44. The van der Waals surface area contributed by atoms with Crippen LogP contribution in [0.15, 0.2) is 54.6 Å². The first-order valence-electron chi connectivity index (χ1n) is 9.24. The second-order valence-corrected chi connectivity index (χ2v) is 7.61. The number of carbonyl (C=O) groups is 2. The molecule has 0 aliphatic carbocycles. The average molecular weight is 420 g/mol. The molecule has 0 heterocycles. The van der Waals surface area contributed by atoms with Crippen molar-refractivity contribution in [2.24, 2.45) is 0 Å². The van der Waals surface area contributed by atoms with Gasteiger partial charge >= 0.3 is 12.1 Å². The second-order valence-electron chi connectivity index (χ2n) is 7.39. The number of alkyl carbamates (subject to hydrolysis) is 1. The van der Waals surface area contributed by atoms with Gasteiger partial charge in [0.2, 0.25) is 0 Å². The summed E-state index contributed by atoms with van der Waals surface area (Å²) in [4.78, 5) is 24.2. The molecule has 0 saturated carbocycles. The Balaban J connectivity index is 1.98. The molecule has 2 aromatic rings. The molecule has 6 nitrogen and oxygen atoms in total. The molecular formula is C22H26ClNO5. The maximum Gasteiger partial charge on any atom is 0.408 e. The number of nitrogens with one attached hydrogen (secondary N) is 1. The van der Waals surface area contributed by atoms with Gasteiger partial charge in [0.1, 0.15) is 24.0 Å². The summed E-state index contributed by atoms with van der Waals surface area (Å²) in [5, 5.41) is 2.54. The molecule has 0 spiro atoms. The van der Waals surface area contributed by atoms with E-state index in [9.17, 15) is 9.59 Å². The van der Waals surface area contributed by atoms with Crippen LogP contribution in [0.4, 0.5) is 4.79 Å². The van der Waals surface area contributed by atoms with Gasteiger partial charge in [-0.1, -0.05) is 54.1 Å². The number of benzene rings is 2. The molecule has 0 bridgehead atoms. The summed E-state index contributed by atoms with van der Waals surface area (Å²) in [5.41, 5.74) is 1.22. The van der Waals surface area contributed by atoms with E-state index in [2.05, 4.69) is 5.32 Å². The summed E-state index contributed by atoms with van der Waals surface area (Å²) in [6.07, 6.45) is -0.467. The minimum atomic E-state index is -0.917. The highest BCUT2D eigenvalue weighted by molar-refractivity contribution is 6.17. The molecule has 0 saturated heterocycles. The molecule has 1 amide bonds. The number of hydrogen-bond acceptors (Lipinski definition) is 5. The quantitative estimate of drug-likeness (QED) is 0.505. The van der Waals surface area contributed by atoms with Crippen molar-refractivity contribution < 1.29 is 23.8 Å². The van der Waals surface area contributed by atoms with Gasteiger partial charge in [-0.15, -0.1) is 0 Å². The van der Waals surface area contributed by atoms with E-state index in [1.54, 1.807) is 20.8 Å². The fraction of sp³-hybridized carbons (Fsp3) is 0.364. The van der Waals surface area contributed by atoms with E-state index in [0.717, 1.165) is 11.1 Å².